The molecule has 0 heterocycles. The van der Waals surface area contributed by atoms with Gasteiger partial charge in [-0.15, -0.1) is 11.8 Å². The van der Waals surface area contributed by atoms with Gasteiger partial charge in [0.25, 0.3) is 0 Å². The Morgan fingerprint density at radius 1 is 1.24 bits per heavy atom. The molecule has 1 fully saturated rings. The third-order valence-electron chi connectivity index (χ3n) is 4.12. The lowest BCUT2D eigenvalue weighted by molar-refractivity contribution is -0.105. The SMILES string of the molecule is CC1(C)CCCCC1Nc1ccccc1SCC(F)(F)F. The van der Waals surface area contributed by atoms with E-state index in [1.54, 1.807) is 12.1 Å². The zero-order valence-electron chi connectivity index (χ0n) is 12.5. The first-order chi connectivity index (χ1) is 9.78. The van der Waals surface area contributed by atoms with E-state index in [2.05, 4.69) is 19.2 Å². The molecule has 1 unspecified atom stereocenters. The van der Waals surface area contributed by atoms with Gasteiger partial charge in [0.2, 0.25) is 0 Å². The standard InChI is InChI=1S/C16H22F3NS/c1-15(2)10-6-5-9-14(15)20-12-7-3-4-8-13(12)21-11-16(17,18)19/h3-4,7-8,14,20H,5-6,9-11H2,1-2H3. The number of nitrogens with one attached hydrogen (secondary N) is 1. The van der Waals surface area contributed by atoms with Crippen LogP contribution in [0.15, 0.2) is 29.2 Å². The molecule has 5 heteroatoms. The molecule has 0 amide bonds. The molecule has 1 aliphatic carbocycles. The van der Waals surface area contributed by atoms with Crippen molar-refractivity contribution in [2.45, 2.75) is 56.6 Å². The summed E-state index contributed by atoms with van der Waals surface area (Å²) >= 11 is 0.855. The van der Waals surface area contributed by atoms with Gasteiger partial charge in [-0.05, 0) is 30.4 Å². The van der Waals surface area contributed by atoms with Gasteiger partial charge in [0.1, 0.15) is 0 Å². The van der Waals surface area contributed by atoms with Crippen molar-refractivity contribution >= 4 is 17.4 Å². The number of rotatable bonds is 4. The van der Waals surface area contributed by atoms with E-state index in [-0.39, 0.29) is 5.41 Å². The van der Waals surface area contributed by atoms with E-state index in [4.69, 9.17) is 0 Å². The van der Waals surface area contributed by atoms with E-state index in [1.165, 1.54) is 12.8 Å². The maximum atomic E-state index is 12.4. The third-order valence-corrected chi connectivity index (χ3v) is 5.25. The fourth-order valence-electron chi connectivity index (χ4n) is 2.82. The van der Waals surface area contributed by atoms with Gasteiger partial charge in [0.05, 0.1) is 5.75 Å². The number of thioether (sulfide) groups is 1. The van der Waals surface area contributed by atoms with Crippen molar-refractivity contribution in [1.29, 1.82) is 0 Å². The highest BCUT2D eigenvalue weighted by molar-refractivity contribution is 7.99. The molecular formula is C16H22F3NS. The summed E-state index contributed by atoms with van der Waals surface area (Å²) in [6, 6.07) is 7.61. The second kappa shape index (κ2) is 6.51. The highest BCUT2D eigenvalue weighted by Crippen LogP contribution is 2.39. The second-order valence-electron chi connectivity index (χ2n) is 6.33. The Labute approximate surface area is 128 Å². The third kappa shape index (κ3) is 4.83. The van der Waals surface area contributed by atoms with Gasteiger partial charge in [-0.2, -0.15) is 13.2 Å². The van der Waals surface area contributed by atoms with Crippen molar-refractivity contribution < 1.29 is 13.2 Å². The highest BCUT2D eigenvalue weighted by Gasteiger charge is 2.33. The smallest absolute Gasteiger partial charge is 0.381 e. The highest BCUT2D eigenvalue weighted by atomic mass is 32.2. The van der Waals surface area contributed by atoms with E-state index in [0.29, 0.717) is 10.9 Å². The number of alkyl halides is 3. The summed E-state index contributed by atoms with van der Waals surface area (Å²) in [4.78, 5) is 0.677. The Morgan fingerprint density at radius 2 is 1.95 bits per heavy atom. The normalized spacial score (nSPS) is 22.0. The number of benzene rings is 1. The maximum absolute atomic E-state index is 12.4. The summed E-state index contributed by atoms with van der Waals surface area (Å²) in [7, 11) is 0. The molecule has 1 N–H and O–H groups in total. The van der Waals surface area contributed by atoms with Crippen molar-refractivity contribution in [3.8, 4) is 0 Å². The Kier molecular flexibility index (Phi) is 5.12. The summed E-state index contributed by atoms with van der Waals surface area (Å²) in [6.45, 7) is 4.46. The largest absolute Gasteiger partial charge is 0.398 e. The average molecular weight is 317 g/mol. The first kappa shape index (κ1) is 16.5. The fourth-order valence-corrected chi connectivity index (χ4v) is 3.60. The summed E-state index contributed by atoms with van der Waals surface area (Å²) < 4.78 is 37.2. The van der Waals surface area contributed by atoms with Gasteiger partial charge >= 0.3 is 6.18 Å². The van der Waals surface area contributed by atoms with Crippen LogP contribution in [0.2, 0.25) is 0 Å². The molecule has 1 aromatic carbocycles. The van der Waals surface area contributed by atoms with Gasteiger partial charge in [-0.1, -0.05) is 38.8 Å². The van der Waals surface area contributed by atoms with Crippen LogP contribution in [0.3, 0.4) is 0 Å². The monoisotopic (exact) mass is 317 g/mol. The number of anilines is 1. The second-order valence-corrected chi connectivity index (χ2v) is 7.35. The lowest BCUT2D eigenvalue weighted by Gasteiger charge is -2.40. The molecule has 0 bridgehead atoms. The summed E-state index contributed by atoms with van der Waals surface area (Å²) in [5.74, 6) is -0.847. The number of hydrogen-bond acceptors (Lipinski definition) is 2. The van der Waals surface area contributed by atoms with Gasteiger partial charge in [0.15, 0.2) is 0 Å². The maximum Gasteiger partial charge on any atom is 0.398 e. The van der Waals surface area contributed by atoms with Crippen LogP contribution in [0.5, 0.6) is 0 Å². The zero-order chi connectivity index (χ0) is 15.5. The lowest BCUT2D eigenvalue weighted by atomic mass is 9.73. The summed E-state index contributed by atoms with van der Waals surface area (Å²) in [5.41, 5.74) is 1.01. The molecule has 0 aliphatic heterocycles. The predicted octanol–water partition coefficient (Wildman–Crippen LogP) is 5.72. The van der Waals surface area contributed by atoms with Gasteiger partial charge in [0, 0.05) is 16.6 Å². The van der Waals surface area contributed by atoms with Crippen LogP contribution < -0.4 is 5.32 Å². The Bertz CT molecular complexity index is 471. The minimum Gasteiger partial charge on any atom is -0.381 e. The molecule has 0 spiro atoms. The van der Waals surface area contributed by atoms with E-state index in [9.17, 15) is 13.2 Å². The summed E-state index contributed by atoms with van der Waals surface area (Å²) in [5, 5.41) is 3.49. The van der Waals surface area contributed by atoms with E-state index in [1.807, 2.05) is 12.1 Å². The lowest BCUT2D eigenvalue weighted by Crippen LogP contribution is -2.39. The first-order valence-electron chi connectivity index (χ1n) is 7.33. The fraction of sp³-hybridized carbons (Fsp3) is 0.625. The minimum atomic E-state index is -4.14. The van der Waals surface area contributed by atoms with Crippen LogP contribution in [0.1, 0.15) is 39.5 Å². The average Bonchev–Trinajstić information content (AvgIpc) is 2.39. The van der Waals surface area contributed by atoms with Crippen LogP contribution in [-0.2, 0) is 0 Å². The number of halogens is 3. The van der Waals surface area contributed by atoms with Crippen LogP contribution in [-0.4, -0.2) is 18.0 Å². The quantitative estimate of drug-likeness (QED) is 0.713. The van der Waals surface area contributed by atoms with Gasteiger partial charge in [-0.3, -0.25) is 0 Å². The number of para-hydroxylation sites is 1. The van der Waals surface area contributed by atoms with Crippen LogP contribution >= 0.6 is 11.8 Å². The Hall–Kier alpha value is -0.840. The molecule has 1 saturated carbocycles. The molecule has 0 aromatic heterocycles. The van der Waals surface area contributed by atoms with Gasteiger partial charge in [-0.25, -0.2) is 0 Å². The Balaban J connectivity index is 2.09. The molecular weight excluding hydrogens is 295 g/mol. The molecule has 118 valence electrons. The molecule has 0 saturated heterocycles. The molecule has 2 rings (SSSR count). The van der Waals surface area contributed by atoms with Crippen molar-refractivity contribution in [2.75, 3.05) is 11.1 Å². The topological polar surface area (TPSA) is 12.0 Å². The Morgan fingerprint density at radius 3 is 2.62 bits per heavy atom. The van der Waals surface area contributed by atoms with Crippen LogP contribution in [0, 0.1) is 5.41 Å². The molecule has 1 atom stereocenters. The first-order valence-corrected chi connectivity index (χ1v) is 8.32. The van der Waals surface area contributed by atoms with Crippen LogP contribution in [0.25, 0.3) is 0 Å². The number of hydrogen-bond donors (Lipinski definition) is 1. The summed E-state index contributed by atoms with van der Waals surface area (Å²) in [6.07, 6.45) is 0.504. The van der Waals surface area contributed by atoms with Crippen molar-refractivity contribution in [1.82, 2.24) is 0 Å². The van der Waals surface area contributed by atoms with E-state index >= 15 is 0 Å². The van der Waals surface area contributed by atoms with Crippen molar-refractivity contribution in [3.63, 3.8) is 0 Å². The molecule has 0 radical (unpaired) electrons. The minimum absolute atomic E-state index is 0.181. The zero-order valence-corrected chi connectivity index (χ0v) is 13.3. The molecule has 21 heavy (non-hydrogen) atoms. The molecule has 1 aliphatic rings. The van der Waals surface area contributed by atoms with Gasteiger partial charge < -0.3 is 5.32 Å². The van der Waals surface area contributed by atoms with E-state index in [0.717, 1.165) is 30.3 Å². The van der Waals surface area contributed by atoms with Crippen molar-refractivity contribution in [3.05, 3.63) is 24.3 Å². The predicted molar refractivity (Wildman–Crippen MR) is 82.9 cm³/mol. The molecule has 1 aromatic rings. The molecule has 1 nitrogen and oxygen atoms in total. The van der Waals surface area contributed by atoms with Crippen molar-refractivity contribution in [2.24, 2.45) is 5.41 Å². The van der Waals surface area contributed by atoms with E-state index < -0.39 is 11.9 Å². The van der Waals surface area contributed by atoms with Crippen LogP contribution in [0.4, 0.5) is 18.9 Å².